The van der Waals surface area contributed by atoms with Crippen LogP contribution in [0.1, 0.15) is 54.0 Å². The van der Waals surface area contributed by atoms with Crippen LogP contribution in [0.3, 0.4) is 0 Å². The molecule has 1 unspecified atom stereocenters. The monoisotopic (exact) mass is 355 g/mol. The van der Waals surface area contributed by atoms with Crippen molar-refractivity contribution >= 4 is 23.4 Å². The number of aryl methyl sites for hydroxylation is 3. The second-order valence-electron chi connectivity index (χ2n) is 6.95. The molecular formula is C21H22ClNO2. The molecule has 0 heterocycles. The zero-order valence-electron chi connectivity index (χ0n) is 14.2. The summed E-state index contributed by atoms with van der Waals surface area (Å²) in [5, 5.41) is 3.37. The third-order valence-corrected chi connectivity index (χ3v) is 5.42. The van der Waals surface area contributed by atoms with E-state index in [2.05, 4.69) is 17.4 Å². The number of ether oxygens (including phenoxy) is 1. The molecule has 3 nitrogen and oxygen atoms in total. The minimum Gasteiger partial charge on any atom is -0.441 e. The minimum absolute atomic E-state index is 0.157. The highest BCUT2D eigenvalue weighted by Crippen LogP contribution is 2.36. The molecule has 0 saturated carbocycles. The number of hydrogen-bond acceptors (Lipinski definition) is 2. The maximum absolute atomic E-state index is 12.3. The Kier molecular flexibility index (Phi) is 4.67. The topological polar surface area (TPSA) is 38.3 Å². The summed E-state index contributed by atoms with van der Waals surface area (Å²) in [6.07, 6.45) is 7.31. The maximum Gasteiger partial charge on any atom is 0.412 e. The van der Waals surface area contributed by atoms with Crippen LogP contribution < -0.4 is 5.32 Å². The molecule has 1 N–H and O–H groups in total. The lowest BCUT2D eigenvalue weighted by atomic mass is 9.82. The Balaban J connectivity index is 1.51. The summed E-state index contributed by atoms with van der Waals surface area (Å²) in [4.78, 5) is 12.3. The van der Waals surface area contributed by atoms with Gasteiger partial charge in [0.05, 0.1) is 0 Å². The van der Waals surface area contributed by atoms with E-state index in [1.807, 2.05) is 0 Å². The average molecular weight is 356 g/mol. The van der Waals surface area contributed by atoms with Crippen LogP contribution in [0.4, 0.5) is 10.5 Å². The molecule has 0 saturated heterocycles. The number of carbonyl (C=O) groups excluding carboxylic acids is 1. The molecule has 1 atom stereocenters. The summed E-state index contributed by atoms with van der Waals surface area (Å²) in [5.74, 6) is 0. The molecule has 0 spiro atoms. The smallest absolute Gasteiger partial charge is 0.412 e. The summed E-state index contributed by atoms with van der Waals surface area (Å²) in [6.45, 7) is 0. The van der Waals surface area contributed by atoms with E-state index in [0.717, 1.165) is 25.7 Å². The molecule has 4 rings (SSSR count). The van der Waals surface area contributed by atoms with Gasteiger partial charge in [0.15, 0.2) is 0 Å². The zero-order valence-corrected chi connectivity index (χ0v) is 14.9. The van der Waals surface area contributed by atoms with E-state index in [-0.39, 0.29) is 6.10 Å². The normalized spacial score (nSPS) is 18.8. The van der Waals surface area contributed by atoms with Crippen molar-refractivity contribution in [3.05, 3.63) is 63.7 Å². The van der Waals surface area contributed by atoms with Crippen LogP contribution in [0.5, 0.6) is 0 Å². The molecule has 0 radical (unpaired) electrons. The lowest BCUT2D eigenvalue weighted by Crippen LogP contribution is -2.21. The van der Waals surface area contributed by atoms with Crippen molar-refractivity contribution in [2.24, 2.45) is 0 Å². The van der Waals surface area contributed by atoms with E-state index in [9.17, 15) is 4.79 Å². The van der Waals surface area contributed by atoms with Gasteiger partial charge >= 0.3 is 6.09 Å². The van der Waals surface area contributed by atoms with Crippen molar-refractivity contribution in [3.63, 3.8) is 0 Å². The molecule has 2 aliphatic rings. The molecule has 4 heteroatoms. The predicted octanol–water partition coefficient (Wildman–Crippen LogP) is 5.84. The molecular weight excluding hydrogens is 334 g/mol. The number of nitrogens with one attached hydrogen (secondary N) is 1. The SMILES string of the molecule is O=C(Nc1cccc(Cl)c1)OC1CCCc2cc3c(cc21)CCCC3. The first-order valence-corrected chi connectivity index (χ1v) is 9.44. The number of halogens is 1. The molecule has 2 aliphatic carbocycles. The van der Waals surface area contributed by atoms with Crippen LogP contribution in [0.15, 0.2) is 36.4 Å². The van der Waals surface area contributed by atoms with E-state index in [0.29, 0.717) is 10.7 Å². The molecule has 0 aromatic heterocycles. The van der Waals surface area contributed by atoms with Gasteiger partial charge in [-0.3, -0.25) is 5.32 Å². The van der Waals surface area contributed by atoms with Gasteiger partial charge in [-0.25, -0.2) is 4.79 Å². The molecule has 0 bridgehead atoms. The average Bonchev–Trinajstić information content (AvgIpc) is 2.60. The van der Waals surface area contributed by atoms with E-state index in [1.54, 1.807) is 24.3 Å². The van der Waals surface area contributed by atoms with Gasteiger partial charge in [0.1, 0.15) is 6.10 Å². The van der Waals surface area contributed by atoms with Gasteiger partial charge in [0.2, 0.25) is 0 Å². The van der Waals surface area contributed by atoms with E-state index in [1.165, 1.54) is 41.5 Å². The highest BCUT2D eigenvalue weighted by Gasteiger charge is 2.26. The van der Waals surface area contributed by atoms with Crippen LogP contribution in [-0.2, 0) is 24.0 Å². The summed E-state index contributed by atoms with van der Waals surface area (Å²) in [5.41, 5.74) is 6.14. The maximum atomic E-state index is 12.3. The van der Waals surface area contributed by atoms with Crippen LogP contribution in [0, 0.1) is 0 Å². The number of rotatable bonds is 2. The number of fused-ring (bicyclic) bond motifs is 2. The Bertz CT molecular complexity index is 802. The molecule has 1 amide bonds. The van der Waals surface area contributed by atoms with Crippen LogP contribution in [0.25, 0.3) is 0 Å². The van der Waals surface area contributed by atoms with E-state index < -0.39 is 6.09 Å². The van der Waals surface area contributed by atoms with Gasteiger partial charge in [-0.1, -0.05) is 29.8 Å². The highest BCUT2D eigenvalue weighted by atomic mass is 35.5. The Morgan fingerprint density at radius 2 is 1.76 bits per heavy atom. The quantitative estimate of drug-likeness (QED) is 0.734. The molecule has 2 aromatic carbocycles. The first-order chi connectivity index (χ1) is 12.2. The van der Waals surface area contributed by atoms with Gasteiger partial charge in [0.25, 0.3) is 0 Å². The van der Waals surface area contributed by atoms with Crippen molar-refractivity contribution in [2.75, 3.05) is 5.32 Å². The number of anilines is 1. The molecule has 0 fully saturated rings. The molecule has 25 heavy (non-hydrogen) atoms. The highest BCUT2D eigenvalue weighted by molar-refractivity contribution is 6.30. The fraction of sp³-hybridized carbons (Fsp3) is 0.381. The van der Waals surface area contributed by atoms with E-state index in [4.69, 9.17) is 16.3 Å². The number of benzene rings is 2. The fourth-order valence-electron chi connectivity index (χ4n) is 3.97. The van der Waals surface area contributed by atoms with Crippen LogP contribution in [0.2, 0.25) is 5.02 Å². The van der Waals surface area contributed by atoms with Gasteiger partial charge in [0, 0.05) is 10.7 Å². The van der Waals surface area contributed by atoms with Gasteiger partial charge in [-0.15, -0.1) is 0 Å². The summed E-state index contributed by atoms with van der Waals surface area (Å²) in [6, 6.07) is 11.7. The third kappa shape index (κ3) is 3.67. The number of hydrogen-bond donors (Lipinski definition) is 1. The van der Waals surface area contributed by atoms with Gasteiger partial charge in [-0.2, -0.15) is 0 Å². The molecule has 130 valence electrons. The Morgan fingerprint density at radius 3 is 2.56 bits per heavy atom. The van der Waals surface area contributed by atoms with Crippen molar-refractivity contribution < 1.29 is 9.53 Å². The molecule has 2 aromatic rings. The van der Waals surface area contributed by atoms with E-state index >= 15 is 0 Å². The minimum atomic E-state index is -0.419. The fourth-order valence-corrected chi connectivity index (χ4v) is 4.16. The van der Waals surface area contributed by atoms with Gasteiger partial charge in [-0.05, 0) is 85.4 Å². The predicted molar refractivity (Wildman–Crippen MR) is 100 cm³/mol. The first-order valence-electron chi connectivity index (χ1n) is 9.07. The largest absolute Gasteiger partial charge is 0.441 e. The Hall–Kier alpha value is -2.00. The second-order valence-corrected chi connectivity index (χ2v) is 7.38. The lowest BCUT2D eigenvalue weighted by Gasteiger charge is -2.28. The van der Waals surface area contributed by atoms with Gasteiger partial charge < -0.3 is 4.74 Å². The Labute approximate surface area is 153 Å². The Morgan fingerprint density at radius 1 is 1.00 bits per heavy atom. The lowest BCUT2D eigenvalue weighted by molar-refractivity contribution is 0.0998. The summed E-state index contributed by atoms with van der Waals surface area (Å²) >= 11 is 5.96. The first kappa shape index (κ1) is 16.5. The third-order valence-electron chi connectivity index (χ3n) is 5.18. The van der Waals surface area contributed by atoms with Crippen molar-refractivity contribution in [1.29, 1.82) is 0 Å². The zero-order chi connectivity index (χ0) is 17.2. The van der Waals surface area contributed by atoms with Crippen molar-refractivity contribution in [2.45, 2.75) is 51.0 Å². The summed E-state index contributed by atoms with van der Waals surface area (Å²) < 4.78 is 5.76. The van der Waals surface area contributed by atoms with Crippen molar-refractivity contribution in [1.82, 2.24) is 0 Å². The number of carbonyl (C=O) groups is 1. The van der Waals surface area contributed by atoms with Crippen LogP contribution in [-0.4, -0.2) is 6.09 Å². The molecule has 0 aliphatic heterocycles. The number of amides is 1. The summed E-state index contributed by atoms with van der Waals surface area (Å²) in [7, 11) is 0. The van der Waals surface area contributed by atoms with Crippen LogP contribution >= 0.6 is 11.6 Å². The second kappa shape index (κ2) is 7.09. The van der Waals surface area contributed by atoms with Crippen molar-refractivity contribution in [3.8, 4) is 0 Å². The standard InChI is InChI=1S/C21H22ClNO2/c22-17-8-4-9-18(13-17)23-21(24)25-20-10-3-7-16-11-14-5-1-2-6-15(14)12-19(16)20/h4,8-9,11-13,20H,1-3,5-7,10H2,(H,23,24).